The number of hydrogen-bond donors (Lipinski definition) is 0. The maximum atomic E-state index is 2.30. The Hall–Kier alpha value is 1.10. The Morgan fingerprint density at radius 1 is 1.00 bits per heavy atom. The van der Waals surface area contributed by atoms with Gasteiger partial charge in [0.15, 0.2) is 0 Å². The van der Waals surface area contributed by atoms with Crippen molar-refractivity contribution in [3.8, 4) is 0 Å². The van der Waals surface area contributed by atoms with Gasteiger partial charge in [0.1, 0.15) is 0 Å². The molecule has 1 heteroatoms. The average molecular weight is 189 g/mol. The molecule has 0 bridgehead atoms. The minimum absolute atomic E-state index is 0. The summed E-state index contributed by atoms with van der Waals surface area (Å²) in [4.78, 5) is 0. The number of rotatable bonds is 2. The third kappa shape index (κ3) is 5.24. The van der Waals surface area contributed by atoms with Gasteiger partial charge in [0.05, 0.1) is 0 Å². The summed E-state index contributed by atoms with van der Waals surface area (Å²) in [6, 6.07) is 0. The van der Waals surface area contributed by atoms with Crippen molar-refractivity contribution in [2.24, 2.45) is 5.41 Å². The van der Waals surface area contributed by atoms with Crippen LogP contribution in [0.5, 0.6) is 0 Å². The van der Waals surface area contributed by atoms with Crippen molar-refractivity contribution in [1.29, 1.82) is 0 Å². The van der Waals surface area contributed by atoms with Gasteiger partial charge >= 0.3 is 0 Å². The standard InChI is InChI=1S/C7H16.Y/c1-5-7(3,4)6-2;/h5-6H2,1-4H3;. The molecule has 8 heavy (non-hydrogen) atoms. The molecule has 0 amide bonds. The van der Waals surface area contributed by atoms with E-state index < -0.39 is 0 Å². The fourth-order valence-electron chi connectivity index (χ4n) is 0.250. The van der Waals surface area contributed by atoms with E-state index in [1.807, 2.05) is 0 Å². The van der Waals surface area contributed by atoms with Crippen LogP contribution in [0.2, 0.25) is 0 Å². The van der Waals surface area contributed by atoms with Crippen LogP contribution in [0.25, 0.3) is 0 Å². The molecule has 0 aliphatic carbocycles. The summed E-state index contributed by atoms with van der Waals surface area (Å²) in [6.07, 6.45) is 2.59. The van der Waals surface area contributed by atoms with Crippen LogP contribution >= 0.6 is 0 Å². The monoisotopic (exact) mass is 189 g/mol. The van der Waals surface area contributed by atoms with Crippen LogP contribution < -0.4 is 0 Å². The Kier molecular flexibility index (Phi) is 7.31. The first-order valence-electron chi connectivity index (χ1n) is 3.12. The minimum atomic E-state index is 0. The van der Waals surface area contributed by atoms with Gasteiger partial charge in [-0.3, -0.25) is 0 Å². The molecule has 0 nitrogen and oxygen atoms in total. The van der Waals surface area contributed by atoms with Gasteiger partial charge in [-0.05, 0) is 5.41 Å². The molecular formula is C7H16Y. The van der Waals surface area contributed by atoms with E-state index in [0.717, 1.165) is 0 Å². The van der Waals surface area contributed by atoms with Crippen LogP contribution in [0.4, 0.5) is 0 Å². The van der Waals surface area contributed by atoms with Gasteiger partial charge in [-0.1, -0.05) is 40.5 Å². The second-order valence-electron chi connectivity index (χ2n) is 2.87. The van der Waals surface area contributed by atoms with Crippen LogP contribution in [0.15, 0.2) is 0 Å². The van der Waals surface area contributed by atoms with Crippen LogP contribution in [-0.4, -0.2) is 0 Å². The normalized spacial score (nSPS) is 10.5. The molecule has 0 aromatic rings. The van der Waals surface area contributed by atoms with E-state index in [-0.39, 0.29) is 32.7 Å². The molecule has 47 valence electrons. The predicted octanol–water partition coefficient (Wildman–Crippen LogP) is 2.83. The molecule has 0 spiro atoms. The first-order valence-corrected chi connectivity index (χ1v) is 3.12. The van der Waals surface area contributed by atoms with Gasteiger partial charge in [-0.15, -0.1) is 0 Å². The van der Waals surface area contributed by atoms with Crippen molar-refractivity contribution in [2.75, 3.05) is 0 Å². The summed E-state index contributed by atoms with van der Waals surface area (Å²) in [5, 5.41) is 0. The zero-order valence-corrected chi connectivity index (χ0v) is 9.33. The maximum Gasteiger partial charge on any atom is 0 e. The Labute approximate surface area is 78.3 Å². The first kappa shape index (κ1) is 11.8. The third-order valence-electron chi connectivity index (χ3n) is 1.91. The molecule has 0 aromatic carbocycles. The van der Waals surface area contributed by atoms with Gasteiger partial charge < -0.3 is 0 Å². The van der Waals surface area contributed by atoms with Crippen molar-refractivity contribution >= 4 is 0 Å². The van der Waals surface area contributed by atoms with Crippen LogP contribution in [0.3, 0.4) is 0 Å². The maximum absolute atomic E-state index is 2.30. The quantitative estimate of drug-likeness (QED) is 0.626. The average Bonchev–Trinajstić information content (AvgIpc) is 1.68. The van der Waals surface area contributed by atoms with Crippen LogP contribution in [-0.2, 0) is 32.7 Å². The van der Waals surface area contributed by atoms with Crippen molar-refractivity contribution in [1.82, 2.24) is 0 Å². The van der Waals surface area contributed by atoms with Gasteiger partial charge in [-0.2, -0.15) is 0 Å². The van der Waals surface area contributed by atoms with Crippen molar-refractivity contribution in [2.45, 2.75) is 40.5 Å². The molecule has 0 saturated heterocycles. The SMILES string of the molecule is CCC(C)(C)CC.[Y]. The zero-order valence-electron chi connectivity index (χ0n) is 6.49. The number of hydrogen-bond acceptors (Lipinski definition) is 0. The van der Waals surface area contributed by atoms with E-state index in [1.165, 1.54) is 12.8 Å². The molecule has 0 N–H and O–H groups in total. The van der Waals surface area contributed by atoms with E-state index in [1.54, 1.807) is 0 Å². The van der Waals surface area contributed by atoms with Gasteiger partial charge in [0.25, 0.3) is 0 Å². The smallest absolute Gasteiger partial charge is 0 e. The van der Waals surface area contributed by atoms with Crippen molar-refractivity contribution in [3.05, 3.63) is 0 Å². The Balaban J connectivity index is 0. The molecule has 0 rings (SSSR count). The second kappa shape index (κ2) is 4.93. The van der Waals surface area contributed by atoms with E-state index in [9.17, 15) is 0 Å². The van der Waals surface area contributed by atoms with E-state index in [0.29, 0.717) is 5.41 Å². The molecule has 0 aromatic heterocycles. The van der Waals surface area contributed by atoms with Crippen molar-refractivity contribution < 1.29 is 32.7 Å². The van der Waals surface area contributed by atoms with E-state index in [4.69, 9.17) is 0 Å². The largest absolute Gasteiger partial charge is 0.0649 e. The Morgan fingerprint density at radius 2 is 1.25 bits per heavy atom. The molecule has 0 heterocycles. The molecule has 0 aliphatic rings. The third-order valence-corrected chi connectivity index (χ3v) is 1.91. The molecule has 0 aliphatic heterocycles. The molecule has 0 atom stereocenters. The summed E-state index contributed by atoms with van der Waals surface area (Å²) in [5.74, 6) is 0. The summed E-state index contributed by atoms with van der Waals surface area (Å²) in [5.41, 5.74) is 0.583. The predicted molar refractivity (Wildman–Crippen MR) is 34.4 cm³/mol. The van der Waals surface area contributed by atoms with Gasteiger partial charge in [-0.25, -0.2) is 0 Å². The fourth-order valence-corrected chi connectivity index (χ4v) is 0.250. The van der Waals surface area contributed by atoms with Crippen molar-refractivity contribution in [3.63, 3.8) is 0 Å². The molecule has 1 radical (unpaired) electrons. The van der Waals surface area contributed by atoms with Crippen LogP contribution in [0.1, 0.15) is 40.5 Å². The van der Waals surface area contributed by atoms with Gasteiger partial charge in [0, 0.05) is 32.7 Å². The molecular weight excluding hydrogens is 173 g/mol. The molecule has 0 fully saturated rings. The molecule has 0 saturated carbocycles. The summed E-state index contributed by atoms with van der Waals surface area (Å²) in [6.45, 7) is 9.08. The summed E-state index contributed by atoms with van der Waals surface area (Å²) >= 11 is 0. The summed E-state index contributed by atoms with van der Waals surface area (Å²) in [7, 11) is 0. The Morgan fingerprint density at radius 3 is 1.25 bits per heavy atom. The van der Waals surface area contributed by atoms with E-state index in [2.05, 4.69) is 27.7 Å². The minimum Gasteiger partial charge on any atom is -0.0649 e. The second-order valence-corrected chi connectivity index (χ2v) is 2.87. The Bertz CT molecular complexity index is 42.3. The first-order chi connectivity index (χ1) is 3.12. The van der Waals surface area contributed by atoms with Crippen LogP contribution in [0, 0.1) is 5.41 Å². The van der Waals surface area contributed by atoms with E-state index >= 15 is 0 Å². The topological polar surface area (TPSA) is 0 Å². The summed E-state index contributed by atoms with van der Waals surface area (Å²) < 4.78 is 0. The van der Waals surface area contributed by atoms with Gasteiger partial charge in [0.2, 0.25) is 0 Å². The zero-order chi connectivity index (χ0) is 5.91. The molecule has 0 unspecified atom stereocenters. The fraction of sp³-hybridized carbons (Fsp3) is 1.00.